The van der Waals surface area contributed by atoms with Gasteiger partial charge in [0.2, 0.25) is 0 Å². The first kappa shape index (κ1) is 16.6. The fraction of sp³-hybridized carbons (Fsp3) is 0.611. The van der Waals surface area contributed by atoms with E-state index in [1.54, 1.807) is 4.90 Å². The van der Waals surface area contributed by atoms with E-state index in [9.17, 15) is 9.90 Å². The molecule has 1 fully saturated rings. The van der Waals surface area contributed by atoms with Gasteiger partial charge in [-0.25, -0.2) is 4.79 Å². The molecular weight excluding hydrogens is 388 g/mol. The molecule has 24 heavy (non-hydrogen) atoms. The number of piperidine rings is 1. The van der Waals surface area contributed by atoms with Crippen molar-refractivity contribution in [3.05, 3.63) is 22.2 Å². The zero-order chi connectivity index (χ0) is 17.2. The van der Waals surface area contributed by atoms with Crippen molar-refractivity contribution in [1.29, 1.82) is 0 Å². The fourth-order valence-electron chi connectivity index (χ4n) is 4.48. The minimum atomic E-state index is -0.791. The van der Waals surface area contributed by atoms with E-state index in [0.717, 1.165) is 16.6 Å². The maximum atomic E-state index is 11.5. The first-order chi connectivity index (χ1) is 11.3. The van der Waals surface area contributed by atoms with Crippen LogP contribution >= 0.6 is 27.7 Å². The zero-order valence-electron chi connectivity index (χ0n) is 14.3. The van der Waals surface area contributed by atoms with Crippen LogP contribution < -0.4 is 4.90 Å². The monoisotopic (exact) mass is 410 g/mol. The highest BCUT2D eigenvalue weighted by atomic mass is 79.9. The summed E-state index contributed by atoms with van der Waals surface area (Å²) in [4.78, 5) is 17.1. The molecule has 0 aromatic heterocycles. The zero-order valence-corrected chi connectivity index (χ0v) is 16.7. The van der Waals surface area contributed by atoms with Crippen LogP contribution in [0.15, 0.2) is 21.5 Å². The van der Waals surface area contributed by atoms with Crippen LogP contribution in [0.2, 0.25) is 0 Å². The van der Waals surface area contributed by atoms with Crippen LogP contribution in [0.1, 0.15) is 38.7 Å². The summed E-state index contributed by atoms with van der Waals surface area (Å²) in [5.74, 6) is 1.38. The lowest BCUT2D eigenvalue weighted by Crippen LogP contribution is -2.55. The quantitative estimate of drug-likeness (QED) is 0.677. The maximum absolute atomic E-state index is 11.5. The minimum Gasteiger partial charge on any atom is -0.465 e. The van der Waals surface area contributed by atoms with Gasteiger partial charge < -0.3 is 14.9 Å². The van der Waals surface area contributed by atoms with Crippen LogP contribution in [0.25, 0.3) is 0 Å². The second-order valence-electron chi connectivity index (χ2n) is 8.13. The number of thioether (sulfide) groups is 1. The molecule has 6 heteroatoms. The standard InChI is InChI=1S/C18H23BrN2O2S/c1-18(2,3)15-9-24-14-7-10(19)6-11-12-8-20(17(22)23)5-4-13(12)21(15)16(11)14/h6-7,12-13,15H,4-5,8-9H2,1-3H3,(H,22,23)/t12-,13-,15?/m0/s1. The number of nitrogens with zero attached hydrogens (tertiary/aromatic N) is 2. The largest absolute Gasteiger partial charge is 0.465 e. The number of fused-ring (bicyclic) bond motifs is 3. The first-order valence-electron chi connectivity index (χ1n) is 8.50. The Labute approximate surface area is 155 Å². The van der Waals surface area contributed by atoms with Crippen LogP contribution in [0, 0.1) is 5.41 Å². The molecule has 3 aliphatic heterocycles. The van der Waals surface area contributed by atoms with Gasteiger partial charge in [-0.3, -0.25) is 0 Å². The van der Waals surface area contributed by atoms with E-state index in [1.165, 1.54) is 16.1 Å². The molecule has 0 bridgehead atoms. The molecular formula is C18H23BrN2O2S. The van der Waals surface area contributed by atoms with Gasteiger partial charge >= 0.3 is 6.09 Å². The molecule has 1 aromatic carbocycles. The Kier molecular flexibility index (Phi) is 3.84. The smallest absolute Gasteiger partial charge is 0.407 e. The van der Waals surface area contributed by atoms with Crippen LogP contribution in [-0.2, 0) is 0 Å². The van der Waals surface area contributed by atoms with E-state index in [-0.39, 0.29) is 11.3 Å². The Morgan fingerprint density at radius 1 is 1.38 bits per heavy atom. The summed E-state index contributed by atoms with van der Waals surface area (Å²) in [5, 5.41) is 9.43. The van der Waals surface area contributed by atoms with Crippen molar-refractivity contribution in [2.24, 2.45) is 5.41 Å². The number of amides is 1. The van der Waals surface area contributed by atoms with Gasteiger partial charge in [0.1, 0.15) is 0 Å². The van der Waals surface area contributed by atoms with Crippen LogP contribution in [0.3, 0.4) is 0 Å². The number of hydrogen-bond donors (Lipinski definition) is 1. The summed E-state index contributed by atoms with van der Waals surface area (Å²) in [7, 11) is 0. The highest BCUT2D eigenvalue weighted by Crippen LogP contribution is 2.55. The average Bonchev–Trinajstić information content (AvgIpc) is 2.81. The second kappa shape index (κ2) is 5.56. The van der Waals surface area contributed by atoms with E-state index in [2.05, 4.69) is 53.7 Å². The maximum Gasteiger partial charge on any atom is 0.407 e. The number of carbonyl (C=O) groups is 1. The third kappa shape index (κ3) is 2.45. The van der Waals surface area contributed by atoms with Gasteiger partial charge in [-0.15, -0.1) is 11.8 Å². The van der Waals surface area contributed by atoms with E-state index in [0.29, 0.717) is 25.2 Å². The van der Waals surface area contributed by atoms with Crippen molar-refractivity contribution in [2.75, 3.05) is 23.7 Å². The van der Waals surface area contributed by atoms with E-state index in [4.69, 9.17) is 0 Å². The number of anilines is 1. The van der Waals surface area contributed by atoms with Crippen molar-refractivity contribution < 1.29 is 9.90 Å². The molecule has 0 radical (unpaired) electrons. The second-order valence-corrected chi connectivity index (χ2v) is 10.1. The molecule has 1 N–H and O–H groups in total. The molecule has 3 atom stereocenters. The van der Waals surface area contributed by atoms with Crippen LogP contribution in [0.4, 0.5) is 10.5 Å². The summed E-state index contributed by atoms with van der Waals surface area (Å²) in [6, 6.07) is 5.35. The van der Waals surface area contributed by atoms with Gasteiger partial charge in [0, 0.05) is 46.2 Å². The van der Waals surface area contributed by atoms with Gasteiger partial charge in [-0.05, 0) is 29.5 Å². The van der Waals surface area contributed by atoms with Gasteiger partial charge in [-0.1, -0.05) is 36.7 Å². The minimum absolute atomic E-state index is 0.202. The van der Waals surface area contributed by atoms with Gasteiger partial charge in [-0.2, -0.15) is 0 Å². The lowest BCUT2D eigenvalue weighted by atomic mass is 9.84. The highest BCUT2D eigenvalue weighted by molar-refractivity contribution is 9.10. The van der Waals surface area contributed by atoms with Crippen molar-refractivity contribution in [3.63, 3.8) is 0 Å². The van der Waals surface area contributed by atoms with Crippen LogP contribution in [0.5, 0.6) is 0 Å². The molecule has 130 valence electrons. The molecule has 1 saturated heterocycles. The fourth-order valence-corrected chi connectivity index (χ4v) is 6.68. The molecule has 0 spiro atoms. The number of halogens is 1. The Hall–Kier alpha value is -0.880. The number of rotatable bonds is 0. The number of benzene rings is 1. The molecule has 1 aromatic rings. The van der Waals surface area contributed by atoms with Crippen molar-refractivity contribution in [2.45, 2.75) is 50.1 Å². The van der Waals surface area contributed by atoms with Crippen LogP contribution in [-0.4, -0.2) is 47.0 Å². The first-order valence-corrected chi connectivity index (χ1v) is 10.3. The Morgan fingerprint density at radius 3 is 2.79 bits per heavy atom. The van der Waals surface area contributed by atoms with E-state index in [1.807, 2.05) is 11.8 Å². The average molecular weight is 411 g/mol. The normalized spacial score (nSPS) is 28.6. The Bertz CT molecular complexity index is 703. The molecule has 0 aliphatic carbocycles. The van der Waals surface area contributed by atoms with Crippen molar-refractivity contribution >= 4 is 39.5 Å². The lowest BCUT2D eigenvalue weighted by molar-refractivity contribution is 0.124. The number of carboxylic acid groups (broad SMARTS) is 1. The van der Waals surface area contributed by atoms with E-state index < -0.39 is 6.09 Å². The SMILES string of the molecule is CC(C)(C)C1CSc2cc(Br)cc3c2N1[C@H]1CCN(C(=O)O)C[C@@H]31. The number of hydrogen-bond acceptors (Lipinski definition) is 3. The molecule has 1 unspecified atom stereocenters. The summed E-state index contributed by atoms with van der Waals surface area (Å²) in [6.45, 7) is 8.22. The Balaban J connectivity index is 1.82. The molecule has 4 rings (SSSR count). The summed E-state index contributed by atoms with van der Waals surface area (Å²) >= 11 is 5.60. The molecule has 4 nitrogen and oxygen atoms in total. The molecule has 1 amide bonds. The Morgan fingerprint density at radius 2 is 2.12 bits per heavy atom. The molecule has 3 heterocycles. The lowest BCUT2D eigenvalue weighted by Gasteiger charge is -2.48. The van der Waals surface area contributed by atoms with Gasteiger partial charge in [0.25, 0.3) is 0 Å². The summed E-state index contributed by atoms with van der Waals surface area (Å²) < 4.78 is 1.10. The van der Waals surface area contributed by atoms with Gasteiger partial charge in [0.05, 0.1) is 5.69 Å². The predicted molar refractivity (Wildman–Crippen MR) is 101 cm³/mol. The third-order valence-corrected chi connectivity index (χ3v) is 7.23. The topological polar surface area (TPSA) is 43.8 Å². The highest BCUT2D eigenvalue weighted by Gasteiger charge is 2.50. The number of likely N-dealkylation sites (tertiary alicyclic amines) is 1. The van der Waals surface area contributed by atoms with E-state index >= 15 is 0 Å². The molecule has 0 saturated carbocycles. The van der Waals surface area contributed by atoms with Crippen molar-refractivity contribution in [1.82, 2.24) is 4.90 Å². The van der Waals surface area contributed by atoms with Gasteiger partial charge in [0.15, 0.2) is 0 Å². The molecule has 3 aliphatic rings. The predicted octanol–water partition coefficient (Wildman–Crippen LogP) is 4.63. The van der Waals surface area contributed by atoms with Crippen molar-refractivity contribution in [3.8, 4) is 0 Å². The summed E-state index contributed by atoms with van der Waals surface area (Å²) in [5.41, 5.74) is 2.90. The third-order valence-electron chi connectivity index (χ3n) is 5.66. The summed E-state index contributed by atoms with van der Waals surface area (Å²) in [6.07, 6.45) is 0.125.